The van der Waals surface area contributed by atoms with Crippen molar-refractivity contribution in [2.24, 2.45) is 5.73 Å². The van der Waals surface area contributed by atoms with E-state index in [-0.39, 0.29) is 0 Å². The summed E-state index contributed by atoms with van der Waals surface area (Å²) in [5, 5.41) is 15.4. The Labute approximate surface area is 157 Å². The number of fused-ring (bicyclic) bond motifs is 1. The fourth-order valence-electron chi connectivity index (χ4n) is 2.88. The predicted molar refractivity (Wildman–Crippen MR) is 106 cm³/mol. The number of rotatable bonds is 6. The van der Waals surface area contributed by atoms with Crippen LogP contribution in [0.5, 0.6) is 5.75 Å². The molecule has 1 aromatic heterocycles. The lowest BCUT2D eigenvalue weighted by molar-refractivity contribution is 0.415. The van der Waals surface area contributed by atoms with Gasteiger partial charge in [0.1, 0.15) is 17.6 Å². The quantitative estimate of drug-likeness (QED) is 0.639. The molecule has 5 nitrogen and oxygen atoms in total. The highest BCUT2D eigenvalue weighted by molar-refractivity contribution is 6.31. The Balaban J connectivity index is 2.28. The number of aromatic nitrogens is 1. The van der Waals surface area contributed by atoms with Gasteiger partial charge in [-0.15, -0.1) is 0 Å². The highest BCUT2D eigenvalue weighted by atomic mass is 35.5. The summed E-state index contributed by atoms with van der Waals surface area (Å²) < 4.78 is 5.38. The van der Waals surface area contributed by atoms with Crippen LogP contribution in [0.3, 0.4) is 0 Å². The maximum absolute atomic E-state index is 9.71. The Morgan fingerprint density at radius 3 is 2.77 bits per heavy atom. The smallest absolute Gasteiger partial charge is 0.151 e. The lowest BCUT2D eigenvalue weighted by Crippen LogP contribution is -2.10. The molecule has 0 aliphatic carbocycles. The van der Waals surface area contributed by atoms with Crippen molar-refractivity contribution < 1.29 is 4.74 Å². The van der Waals surface area contributed by atoms with E-state index in [1.165, 1.54) is 0 Å². The van der Waals surface area contributed by atoms with Gasteiger partial charge in [-0.05, 0) is 54.2 Å². The molecule has 3 N–H and O–H groups in total. The van der Waals surface area contributed by atoms with E-state index >= 15 is 0 Å². The molecule has 1 heterocycles. The third-order valence-corrected chi connectivity index (χ3v) is 4.34. The van der Waals surface area contributed by atoms with Crippen molar-refractivity contribution in [3.05, 3.63) is 53.2 Å². The highest BCUT2D eigenvalue weighted by Gasteiger charge is 2.16. The number of ether oxygens (including phenoxy) is 1. The van der Waals surface area contributed by atoms with Crippen LogP contribution in [0.15, 0.2) is 42.5 Å². The molecule has 0 atom stereocenters. The first-order chi connectivity index (χ1) is 12.7. The number of benzene rings is 2. The minimum absolute atomic E-state index is 0.336. The summed E-state index contributed by atoms with van der Waals surface area (Å²) in [7, 11) is 1.62. The number of hydrogen-bond donors (Lipinski definition) is 2. The van der Waals surface area contributed by atoms with Gasteiger partial charge in [-0.1, -0.05) is 23.7 Å². The second-order valence-corrected chi connectivity index (χ2v) is 6.22. The van der Waals surface area contributed by atoms with E-state index in [2.05, 4.69) is 16.4 Å². The van der Waals surface area contributed by atoms with Gasteiger partial charge in [-0.2, -0.15) is 5.26 Å². The fraction of sp³-hybridized carbons (Fsp3) is 0.200. The average Bonchev–Trinajstić information content (AvgIpc) is 2.67. The van der Waals surface area contributed by atoms with Gasteiger partial charge in [-0.3, -0.25) is 0 Å². The van der Waals surface area contributed by atoms with Crippen molar-refractivity contribution in [1.82, 2.24) is 4.98 Å². The molecular weight excluding hydrogens is 348 g/mol. The summed E-state index contributed by atoms with van der Waals surface area (Å²) >= 11 is 6.16. The van der Waals surface area contributed by atoms with Gasteiger partial charge >= 0.3 is 0 Å². The van der Waals surface area contributed by atoms with Gasteiger partial charge in [-0.25, -0.2) is 4.98 Å². The molecular formula is C20H19ClN4O. The lowest BCUT2D eigenvalue weighted by Gasteiger charge is -2.15. The summed E-state index contributed by atoms with van der Waals surface area (Å²) in [5.74, 6) is 1.38. The topological polar surface area (TPSA) is 84.0 Å². The maximum atomic E-state index is 9.71. The van der Waals surface area contributed by atoms with Crippen LogP contribution in [-0.2, 0) is 0 Å². The molecule has 0 radical (unpaired) electrons. The molecule has 2 aromatic carbocycles. The number of methoxy groups -OCH3 is 1. The zero-order valence-electron chi connectivity index (χ0n) is 14.4. The second kappa shape index (κ2) is 8.05. The van der Waals surface area contributed by atoms with Crippen molar-refractivity contribution in [1.29, 1.82) is 5.26 Å². The fourth-order valence-corrected chi connectivity index (χ4v) is 3.07. The molecule has 0 bridgehead atoms. The molecule has 0 aliphatic heterocycles. The number of nitrogens with two attached hydrogens (primary N) is 1. The number of nitriles is 1. The van der Waals surface area contributed by atoms with E-state index < -0.39 is 0 Å². The normalized spacial score (nSPS) is 10.5. The van der Waals surface area contributed by atoms with E-state index in [1.54, 1.807) is 13.2 Å². The van der Waals surface area contributed by atoms with Gasteiger partial charge in [0, 0.05) is 22.5 Å². The van der Waals surface area contributed by atoms with Crippen LogP contribution in [0.2, 0.25) is 5.02 Å². The first kappa shape index (κ1) is 18.0. The van der Waals surface area contributed by atoms with Gasteiger partial charge in [0.05, 0.1) is 7.11 Å². The summed E-state index contributed by atoms with van der Waals surface area (Å²) in [6.45, 7) is 1.27. The molecule has 0 amide bonds. The largest absolute Gasteiger partial charge is 0.497 e. The Bertz CT molecular complexity index is 981. The van der Waals surface area contributed by atoms with Crippen LogP contribution in [0.25, 0.3) is 21.9 Å². The molecule has 3 aromatic rings. The van der Waals surface area contributed by atoms with Crippen molar-refractivity contribution >= 4 is 28.2 Å². The average molecular weight is 367 g/mol. The van der Waals surface area contributed by atoms with Gasteiger partial charge in [0.25, 0.3) is 0 Å². The third kappa shape index (κ3) is 3.57. The Morgan fingerprint density at radius 2 is 2.08 bits per heavy atom. The van der Waals surface area contributed by atoms with E-state index in [4.69, 9.17) is 22.1 Å². The second-order valence-electron chi connectivity index (χ2n) is 5.79. The molecule has 0 fully saturated rings. The summed E-state index contributed by atoms with van der Waals surface area (Å²) in [6, 6.07) is 15.4. The monoisotopic (exact) mass is 366 g/mol. The molecule has 132 valence electrons. The van der Waals surface area contributed by atoms with Crippen LogP contribution in [0, 0.1) is 11.3 Å². The van der Waals surface area contributed by atoms with Crippen molar-refractivity contribution in [2.45, 2.75) is 6.42 Å². The molecule has 6 heteroatoms. The molecule has 3 rings (SSSR count). The van der Waals surface area contributed by atoms with E-state index in [0.717, 1.165) is 28.3 Å². The summed E-state index contributed by atoms with van der Waals surface area (Å²) in [6.07, 6.45) is 0.817. The highest BCUT2D eigenvalue weighted by Crippen LogP contribution is 2.37. The zero-order valence-corrected chi connectivity index (χ0v) is 15.2. The van der Waals surface area contributed by atoms with Gasteiger partial charge in [0.15, 0.2) is 5.69 Å². The van der Waals surface area contributed by atoms with Crippen LogP contribution in [0.4, 0.5) is 5.82 Å². The van der Waals surface area contributed by atoms with Gasteiger partial charge < -0.3 is 15.8 Å². The summed E-state index contributed by atoms with van der Waals surface area (Å²) in [4.78, 5) is 4.56. The standard InChI is InChI=1S/C20H19ClN4O/c1-26-15-6-7-16-17(11-15)19(13-4-2-5-14(21)10-13)18(12-23)25-20(16)24-9-3-8-22/h2,4-7,10-11H,3,8-9,22H2,1H3,(H,24,25). The van der Waals surface area contributed by atoms with Crippen LogP contribution in [0.1, 0.15) is 12.1 Å². The SMILES string of the molecule is COc1ccc2c(NCCCN)nc(C#N)c(-c3cccc(Cl)c3)c2c1. The minimum atomic E-state index is 0.336. The first-order valence-electron chi connectivity index (χ1n) is 8.29. The third-order valence-electron chi connectivity index (χ3n) is 4.10. The number of anilines is 1. The van der Waals surface area contributed by atoms with E-state index in [1.807, 2.05) is 36.4 Å². The predicted octanol–water partition coefficient (Wildman–Crippen LogP) is 4.20. The number of pyridine rings is 1. The Morgan fingerprint density at radius 1 is 1.23 bits per heavy atom. The molecule has 0 saturated carbocycles. The Kier molecular flexibility index (Phi) is 5.57. The van der Waals surface area contributed by atoms with Crippen LogP contribution in [-0.4, -0.2) is 25.2 Å². The molecule has 26 heavy (non-hydrogen) atoms. The molecule has 0 saturated heterocycles. The summed E-state index contributed by atoms with van der Waals surface area (Å²) in [5.41, 5.74) is 7.49. The van der Waals surface area contributed by atoms with Crippen LogP contribution < -0.4 is 15.8 Å². The van der Waals surface area contributed by atoms with E-state index in [0.29, 0.717) is 35.4 Å². The van der Waals surface area contributed by atoms with E-state index in [9.17, 15) is 5.26 Å². The lowest BCUT2D eigenvalue weighted by atomic mass is 9.97. The number of hydrogen-bond acceptors (Lipinski definition) is 5. The zero-order chi connectivity index (χ0) is 18.5. The number of halogens is 1. The molecule has 0 unspecified atom stereocenters. The maximum Gasteiger partial charge on any atom is 0.151 e. The number of nitrogens with one attached hydrogen (secondary N) is 1. The van der Waals surface area contributed by atoms with Crippen molar-refractivity contribution in [2.75, 3.05) is 25.5 Å². The van der Waals surface area contributed by atoms with Crippen LogP contribution >= 0.6 is 11.6 Å². The molecule has 0 aliphatic rings. The molecule has 0 spiro atoms. The van der Waals surface area contributed by atoms with Gasteiger partial charge in [0.2, 0.25) is 0 Å². The Hall–Kier alpha value is -2.81. The first-order valence-corrected chi connectivity index (χ1v) is 8.67. The minimum Gasteiger partial charge on any atom is -0.497 e. The van der Waals surface area contributed by atoms with Crippen molar-refractivity contribution in [3.63, 3.8) is 0 Å². The number of nitrogens with zero attached hydrogens (tertiary/aromatic N) is 2. The van der Waals surface area contributed by atoms with Crippen molar-refractivity contribution in [3.8, 4) is 22.9 Å².